The Hall–Kier alpha value is -4.53. The van der Waals surface area contributed by atoms with Crippen LogP contribution in [0.2, 0.25) is 0 Å². The van der Waals surface area contributed by atoms with Crippen LogP contribution in [-0.4, -0.2) is 54.3 Å². The molecule has 3 aromatic rings. The van der Waals surface area contributed by atoms with E-state index in [1.807, 2.05) is 23.1 Å². The van der Waals surface area contributed by atoms with Crippen molar-refractivity contribution in [3.05, 3.63) is 94.8 Å². The van der Waals surface area contributed by atoms with E-state index in [1.54, 1.807) is 42.5 Å². The number of hydrogen-bond donors (Lipinski definition) is 2. The van der Waals surface area contributed by atoms with Crippen LogP contribution in [0.3, 0.4) is 0 Å². The summed E-state index contributed by atoms with van der Waals surface area (Å²) in [5, 5.41) is 5.56. The topological polar surface area (TPSA) is 94.1 Å². The fourth-order valence-electron chi connectivity index (χ4n) is 7.23. The summed E-state index contributed by atoms with van der Waals surface area (Å²) in [6, 6.07) is 18.5. The lowest BCUT2D eigenvalue weighted by Gasteiger charge is -2.29. The van der Waals surface area contributed by atoms with Gasteiger partial charge in [0.2, 0.25) is 12.1 Å². The first kappa shape index (κ1) is 28.3. The van der Waals surface area contributed by atoms with Crippen LogP contribution in [0.4, 0.5) is 20.6 Å². The van der Waals surface area contributed by atoms with Crippen molar-refractivity contribution < 1.29 is 18.8 Å². The zero-order valence-electron chi connectivity index (χ0n) is 24.6. The Morgan fingerprint density at radius 1 is 0.864 bits per heavy atom. The van der Waals surface area contributed by atoms with E-state index in [4.69, 9.17) is 0 Å². The molecule has 4 amide bonds. The third kappa shape index (κ3) is 5.58. The summed E-state index contributed by atoms with van der Waals surface area (Å²) in [5.74, 6) is -0.225. The van der Waals surface area contributed by atoms with E-state index in [0.717, 1.165) is 44.9 Å². The number of hydrogen-bond acceptors (Lipinski definition) is 4. The van der Waals surface area contributed by atoms with Gasteiger partial charge in [-0.25, -0.2) is 14.2 Å². The highest BCUT2D eigenvalue weighted by atomic mass is 19.1. The summed E-state index contributed by atoms with van der Waals surface area (Å²) in [6.45, 7) is 1.20. The number of aryl methyl sites for hydroxylation is 2. The lowest BCUT2D eigenvalue weighted by molar-refractivity contribution is -0.132. The van der Waals surface area contributed by atoms with Crippen molar-refractivity contribution in [1.82, 2.24) is 10.2 Å². The Balaban J connectivity index is 1.22. The normalized spacial score (nSPS) is 22.4. The maximum atomic E-state index is 15.2. The highest BCUT2D eigenvalue weighted by Crippen LogP contribution is 2.35. The molecule has 9 heteroatoms. The second-order valence-corrected chi connectivity index (χ2v) is 12.4. The van der Waals surface area contributed by atoms with Gasteiger partial charge in [-0.3, -0.25) is 14.5 Å². The first-order chi connectivity index (χ1) is 21.4. The van der Waals surface area contributed by atoms with Crippen LogP contribution in [0.15, 0.2) is 71.7 Å². The molecule has 44 heavy (non-hydrogen) atoms. The van der Waals surface area contributed by atoms with Gasteiger partial charge in [0.15, 0.2) is 0 Å². The van der Waals surface area contributed by atoms with Gasteiger partial charge < -0.3 is 15.5 Å². The molecule has 5 aliphatic rings. The second kappa shape index (κ2) is 11.9. The molecule has 3 fully saturated rings. The Bertz CT molecular complexity index is 1630. The zero-order chi connectivity index (χ0) is 30.2. The lowest BCUT2D eigenvalue weighted by atomic mass is 9.84. The van der Waals surface area contributed by atoms with Gasteiger partial charge in [-0.15, -0.1) is 0 Å². The van der Waals surface area contributed by atoms with Gasteiger partial charge in [0.25, 0.3) is 5.91 Å². The molecule has 226 valence electrons. The number of benzene rings is 3. The highest BCUT2D eigenvalue weighted by molar-refractivity contribution is 6.21. The molecule has 2 saturated heterocycles. The van der Waals surface area contributed by atoms with E-state index in [-0.39, 0.29) is 23.7 Å². The van der Waals surface area contributed by atoms with E-state index in [0.29, 0.717) is 41.9 Å². The van der Waals surface area contributed by atoms with Crippen LogP contribution in [0.1, 0.15) is 54.4 Å². The number of halogens is 1. The third-order valence-electron chi connectivity index (χ3n) is 9.53. The van der Waals surface area contributed by atoms with Gasteiger partial charge in [0.1, 0.15) is 12.4 Å². The maximum absolute atomic E-state index is 15.2. The number of para-hydroxylation sites is 1. The van der Waals surface area contributed by atoms with Crippen LogP contribution in [0.25, 0.3) is 0 Å². The summed E-state index contributed by atoms with van der Waals surface area (Å²) in [4.78, 5) is 49.3. The first-order valence-corrected chi connectivity index (χ1v) is 15.6. The van der Waals surface area contributed by atoms with Gasteiger partial charge in [0, 0.05) is 29.9 Å². The number of fused-ring (bicyclic) bond motifs is 6. The minimum Gasteiger partial charge on any atom is -0.341 e. The van der Waals surface area contributed by atoms with Crippen LogP contribution < -0.4 is 15.5 Å². The van der Waals surface area contributed by atoms with Gasteiger partial charge >= 0.3 is 6.03 Å². The summed E-state index contributed by atoms with van der Waals surface area (Å²) in [7, 11) is 0. The average Bonchev–Trinajstić information content (AvgIpc) is 3.22. The number of aliphatic imine (C=N–C) groups is 1. The molecule has 2 bridgehead atoms. The number of carbonyl (C=O) groups is 3. The second-order valence-electron chi connectivity index (χ2n) is 12.4. The highest BCUT2D eigenvalue weighted by Gasteiger charge is 2.37. The van der Waals surface area contributed by atoms with E-state index < -0.39 is 23.9 Å². The minimum atomic E-state index is -1.39. The van der Waals surface area contributed by atoms with Gasteiger partial charge in [-0.05, 0) is 98.2 Å². The number of amides is 4. The molecule has 1 atom stereocenters. The Morgan fingerprint density at radius 3 is 2.30 bits per heavy atom. The number of anilines is 2. The van der Waals surface area contributed by atoms with E-state index >= 15 is 4.39 Å². The molecule has 2 aliphatic carbocycles. The number of nitrogens with one attached hydrogen (secondary N) is 2. The minimum absolute atomic E-state index is 0.136. The Labute approximate surface area is 256 Å². The van der Waals surface area contributed by atoms with Crippen LogP contribution >= 0.6 is 0 Å². The number of rotatable bonds is 5. The SMILES string of the molecule is O=C(Nc1ccc2c(c1)CCC2)N[C@@H]1N=C(c2ccccc2F)c2ccccc2N(CC(=O)N2CC3CCC(CC3)C2)C1=O. The quantitative estimate of drug-likeness (QED) is 0.421. The van der Waals surface area contributed by atoms with Crippen molar-refractivity contribution in [1.29, 1.82) is 0 Å². The van der Waals surface area contributed by atoms with Crippen LogP contribution in [0, 0.1) is 17.7 Å². The molecule has 8 nitrogen and oxygen atoms in total. The van der Waals surface area contributed by atoms with Crippen LogP contribution in [-0.2, 0) is 22.4 Å². The molecule has 3 aliphatic heterocycles. The molecule has 0 unspecified atom stereocenters. The predicted octanol–water partition coefficient (Wildman–Crippen LogP) is 5.29. The fraction of sp³-hybridized carbons (Fsp3) is 0.371. The van der Waals surface area contributed by atoms with Crippen molar-refractivity contribution in [2.75, 3.05) is 29.9 Å². The molecule has 3 heterocycles. The zero-order valence-corrected chi connectivity index (χ0v) is 24.6. The smallest absolute Gasteiger partial charge is 0.321 e. The van der Waals surface area contributed by atoms with E-state index in [9.17, 15) is 14.4 Å². The van der Waals surface area contributed by atoms with Gasteiger partial charge in [0.05, 0.1) is 11.4 Å². The molecule has 0 radical (unpaired) electrons. The molecule has 2 N–H and O–H groups in total. The van der Waals surface area contributed by atoms with Crippen molar-refractivity contribution in [2.24, 2.45) is 16.8 Å². The first-order valence-electron chi connectivity index (χ1n) is 15.6. The summed E-state index contributed by atoms with van der Waals surface area (Å²) < 4.78 is 15.2. The Kier molecular flexibility index (Phi) is 7.62. The molecular formula is C35H36FN5O3. The summed E-state index contributed by atoms with van der Waals surface area (Å²) >= 11 is 0. The fourth-order valence-corrected chi connectivity index (χ4v) is 7.23. The number of carbonyl (C=O) groups excluding carboxylic acids is 3. The molecule has 3 aromatic carbocycles. The average molecular weight is 594 g/mol. The van der Waals surface area contributed by atoms with Crippen molar-refractivity contribution in [2.45, 2.75) is 51.1 Å². The van der Waals surface area contributed by atoms with Crippen molar-refractivity contribution >= 4 is 34.9 Å². The standard InChI is InChI=1S/C35H36FN5O3/c36-29-10-3-1-8-27(29)32-28-9-2-4-11-30(28)41(21-31(42)40-19-22-12-13-23(20-40)15-14-22)34(43)33(38-32)39-35(44)37-26-17-16-24-6-5-7-25(24)18-26/h1-4,8-11,16-18,22-23,33H,5-7,12-15,19-21H2,(H2,37,39,44)/t22?,23?,33-/m0/s1. The van der Waals surface area contributed by atoms with Crippen molar-refractivity contribution in [3.63, 3.8) is 0 Å². The summed E-state index contributed by atoms with van der Waals surface area (Å²) in [5.41, 5.74) is 4.51. The molecule has 1 saturated carbocycles. The number of nitrogens with zero attached hydrogens (tertiary/aromatic N) is 3. The largest absolute Gasteiger partial charge is 0.341 e. The third-order valence-corrected chi connectivity index (χ3v) is 9.53. The number of benzodiazepines with no additional fused rings is 1. The molecule has 0 spiro atoms. The Morgan fingerprint density at radius 2 is 1.55 bits per heavy atom. The molecular weight excluding hydrogens is 557 g/mol. The monoisotopic (exact) mass is 593 g/mol. The molecule has 8 rings (SSSR count). The summed E-state index contributed by atoms with van der Waals surface area (Å²) in [6.07, 6.45) is 6.21. The predicted molar refractivity (Wildman–Crippen MR) is 167 cm³/mol. The maximum Gasteiger partial charge on any atom is 0.321 e. The van der Waals surface area contributed by atoms with E-state index in [2.05, 4.69) is 15.6 Å². The van der Waals surface area contributed by atoms with Crippen LogP contribution in [0.5, 0.6) is 0 Å². The number of urea groups is 1. The van der Waals surface area contributed by atoms with Gasteiger partial charge in [-0.1, -0.05) is 36.4 Å². The van der Waals surface area contributed by atoms with Gasteiger partial charge in [-0.2, -0.15) is 0 Å². The van der Waals surface area contributed by atoms with Crippen molar-refractivity contribution in [3.8, 4) is 0 Å². The van der Waals surface area contributed by atoms with E-state index in [1.165, 1.54) is 22.1 Å². The molecule has 0 aromatic heterocycles. The lowest BCUT2D eigenvalue weighted by Crippen LogP contribution is -2.51.